The smallest absolute Gasteiger partial charge is 0.328 e. The van der Waals surface area contributed by atoms with Gasteiger partial charge in [-0.2, -0.15) is 0 Å². The third kappa shape index (κ3) is 2.80. The predicted molar refractivity (Wildman–Crippen MR) is 78.6 cm³/mol. The molecule has 0 aromatic carbocycles. The van der Waals surface area contributed by atoms with Crippen LogP contribution in [0.1, 0.15) is 36.1 Å². The molecule has 1 aromatic rings. The van der Waals surface area contributed by atoms with Crippen molar-refractivity contribution in [1.82, 2.24) is 4.90 Å². The summed E-state index contributed by atoms with van der Waals surface area (Å²) in [4.78, 5) is 14.3. The molecule has 2 bridgehead atoms. The van der Waals surface area contributed by atoms with Gasteiger partial charge in [0.2, 0.25) is 0 Å². The van der Waals surface area contributed by atoms with Gasteiger partial charge >= 0.3 is 5.97 Å². The molecule has 2 atom stereocenters. The van der Waals surface area contributed by atoms with E-state index in [2.05, 4.69) is 4.90 Å². The summed E-state index contributed by atoms with van der Waals surface area (Å²) < 4.78 is 0. The van der Waals surface area contributed by atoms with E-state index in [0.29, 0.717) is 12.1 Å². The van der Waals surface area contributed by atoms with Crippen LogP contribution in [0.2, 0.25) is 0 Å². The van der Waals surface area contributed by atoms with Crippen molar-refractivity contribution in [1.29, 1.82) is 0 Å². The molecule has 2 N–H and O–H groups in total. The molecule has 0 spiro atoms. The van der Waals surface area contributed by atoms with Gasteiger partial charge in [0.25, 0.3) is 0 Å². The van der Waals surface area contributed by atoms with Crippen LogP contribution in [-0.4, -0.2) is 39.3 Å². The van der Waals surface area contributed by atoms with E-state index in [1.54, 1.807) is 17.4 Å². The molecule has 2 aliphatic heterocycles. The predicted octanol–water partition coefficient (Wildman–Crippen LogP) is 2.33. The minimum absolute atomic E-state index is 0.140. The molecule has 0 aliphatic carbocycles. The van der Waals surface area contributed by atoms with Crippen molar-refractivity contribution in [3.63, 3.8) is 0 Å². The molecule has 0 radical (unpaired) electrons. The fourth-order valence-electron chi connectivity index (χ4n) is 3.46. The molecule has 2 aliphatic rings. The first-order valence-electron chi connectivity index (χ1n) is 7.04. The lowest BCUT2D eigenvalue weighted by Gasteiger charge is -2.37. The second kappa shape index (κ2) is 5.68. The van der Waals surface area contributed by atoms with E-state index >= 15 is 0 Å². The average Bonchev–Trinajstić information content (AvgIpc) is 2.92. The minimum atomic E-state index is -0.914. The van der Waals surface area contributed by atoms with E-state index in [1.165, 1.54) is 23.8 Å². The Kier molecular flexibility index (Phi) is 3.92. The summed E-state index contributed by atoms with van der Waals surface area (Å²) in [5.41, 5.74) is 1.00. The van der Waals surface area contributed by atoms with Gasteiger partial charge in [0.05, 0.1) is 6.10 Å². The SMILES string of the molecule is O=C(O)C=Cc1ccsc1CN1C2CCC1CC(O)C2. The van der Waals surface area contributed by atoms with Crippen LogP contribution in [0.15, 0.2) is 17.5 Å². The largest absolute Gasteiger partial charge is 0.478 e. The third-order valence-electron chi connectivity index (χ3n) is 4.37. The van der Waals surface area contributed by atoms with Crippen molar-refractivity contribution in [2.45, 2.75) is 50.4 Å². The highest BCUT2D eigenvalue weighted by atomic mass is 32.1. The van der Waals surface area contributed by atoms with Crippen LogP contribution in [0.3, 0.4) is 0 Å². The summed E-state index contributed by atoms with van der Waals surface area (Å²) >= 11 is 1.68. The molecule has 0 saturated carbocycles. The second-order valence-corrected chi connectivity index (χ2v) is 6.65. The maximum atomic E-state index is 10.6. The van der Waals surface area contributed by atoms with Crippen molar-refractivity contribution < 1.29 is 15.0 Å². The molecule has 4 nitrogen and oxygen atoms in total. The van der Waals surface area contributed by atoms with Crippen LogP contribution < -0.4 is 0 Å². The molecule has 2 fully saturated rings. The van der Waals surface area contributed by atoms with Crippen molar-refractivity contribution >= 4 is 23.4 Å². The highest BCUT2D eigenvalue weighted by molar-refractivity contribution is 7.10. The Balaban J connectivity index is 1.73. The first kappa shape index (κ1) is 13.8. The number of fused-ring (bicyclic) bond motifs is 2. The van der Waals surface area contributed by atoms with Gasteiger partial charge in [-0.05, 0) is 48.8 Å². The Morgan fingerprint density at radius 1 is 1.40 bits per heavy atom. The maximum absolute atomic E-state index is 10.6. The number of carbonyl (C=O) groups is 1. The van der Waals surface area contributed by atoms with Gasteiger partial charge in [0.15, 0.2) is 0 Å². The molecule has 108 valence electrons. The highest BCUT2D eigenvalue weighted by Crippen LogP contribution is 2.37. The van der Waals surface area contributed by atoms with Crippen LogP contribution >= 0.6 is 11.3 Å². The molecule has 3 rings (SSSR count). The van der Waals surface area contributed by atoms with Gasteiger partial charge < -0.3 is 10.2 Å². The molecule has 20 heavy (non-hydrogen) atoms. The van der Waals surface area contributed by atoms with Crippen LogP contribution in [0.25, 0.3) is 6.08 Å². The maximum Gasteiger partial charge on any atom is 0.328 e. The summed E-state index contributed by atoms with van der Waals surface area (Å²) in [6.07, 6.45) is 6.83. The molecular formula is C15H19NO3S. The lowest BCUT2D eigenvalue weighted by molar-refractivity contribution is -0.131. The molecule has 3 heterocycles. The quantitative estimate of drug-likeness (QED) is 0.837. The van der Waals surface area contributed by atoms with E-state index in [9.17, 15) is 9.90 Å². The van der Waals surface area contributed by atoms with E-state index in [4.69, 9.17) is 5.11 Å². The molecule has 2 saturated heterocycles. The number of piperidine rings is 1. The second-order valence-electron chi connectivity index (χ2n) is 5.65. The number of aliphatic carboxylic acids is 1. The van der Waals surface area contributed by atoms with Crippen LogP contribution in [0, 0.1) is 0 Å². The number of aliphatic hydroxyl groups excluding tert-OH is 1. The van der Waals surface area contributed by atoms with Gasteiger partial charge in [0.1, 0.15) is 0 Å². The van der Waals surface area contributed by atoms with Gasteiger partial charge in [-0.3, -0.25) is 4.90 Å². The fraction of sp³-hybridized carbons (Fsp3) is 0.533. The van der Waals surface area contributed by atoms with Gasteiger partial charge in [0, 0.05) is 29.6 Å². The molecule has 1 aromatic heterocycles. The summed E-state index contributed by atoms with van der Waals surface area (Å²) in [6, 6.07) is 2.95. The number of hydrogen-bond donors (Lipinski definition) is 2. The first-order valence-corrected chi connectivity index (χ1v) is 7.92. The van der Waals surface area contributed by atoms with Gasteiger partial charge in [-0.1, -0.05) is 0 Å². The van der Waals surface area contributed by atoms with Crippen LogP contribution in [-0.2, 0) is 11.3 Å². The fourth-order valence-corrected chi connectivity index (χ4v) is 4.33. The number of hydrogen-bond acceptors (Lipinski definition) is 4. The Morgan fingerprint density at radius 2 is 2.10 bits per heavy atom. The number of aliphatic hydroxyl groups is 1. The summed E-state index contributed by atoms with van der Waals surface area (Å²) in [6.45, 7) is 0.874. The van der Waals surface area contributed by atoms with E-state index in [-0.39, 0.29) is 6.10 Å². The average molecular weight is 293 g/mol. The summed E-state index contributed by atoms with van der Waals surface area (Å²) in [5, 5.41) is 20.6. The topological polar surface area (TPSA) is 60.8 Å². The standard InChI is InChI=1S/C15H19NO3S/c17-13-7-11-2-3-12(8-13)16(11)9-14-10(5-6-20-14)1-4-15(18)19/h1,4-6,11-13,17H,2-3,7-9H2,(H,18,19). The number of carboxylic acids is 1. The highest BCUT2D eigenvalue weighted by Gasteiger charge is 2.40. The van der Waals surface area contributed by atoms with Gasteiger partial charge in [-0.25, -0.2) is 4.79 Å². The lowest BCUT2D eigenvalue weighted by Crippen LogP contribution is -2.43. The molecule has 2 unspecified atom stereocenters. The minimum Gasteiger partial charge on any atom is -0.478 e. The van der Waals surface area contributed by atoms with Gasteiger partial charge in [-0.15, -0.1) is 11.3 Å². The monoisotopic (exact) mass is 293 g/mol. The lowest BCUT2D eigenvalue weighted by atomic mass is 9.99. The van der Waals surface area contributed by atoms with Crippen molar-refractivity contribution in [3.05, 3.63) is 28.0 Å². The molecule has 5 heteroatoms. The normalized spacial score (nSPS) is 30.1. The van der Waals surface area contributed by atoms with E-state index in [0.717, 1.165) is 24.9 Å². The zero-order chi connectivity index (χ0) is 14.1. The van der Waals surface area contributed by atoms with Crippen LogP contribution in [0.4, 0.5) is 0 Å². The summed E-state index contributed by atoms with van der Waals surface area (Å²) in [5.74, 6) is -0.914. The van der Waals surface area contributed by atoms with E-state index in [1.807, 2.05) is 11.4 Å². The van der Waals surface area contributed by atoms with Crippen molar-refractivity contribution in [2.75, 3.05) is 0 Å². The Morgan fingerprint density at radius 3 is 2.75 bits per heavy atom. The number of nitrogens with zero attached hydrogens (tertiary/aromatic N) is 1. The number of carboxylic acid groups (broad SMARTS) is 1. The zero-order valence-electron chi connectivity index (χ0n) is 11.2. The van der Waals surface area contributed by atoms with Crippen LogP contribution in [0.5, 0.6) is 0 Å². The first-order chi connectivity index (χ1) is 9.63. The molecule has 0 amide bonds. The third-order valence-corrected chi connectivity index (χ3v) is 5.29. The van der Waals surface area contributed by atoms with E-state index < -0.39 is 5.97 Å². The Hall–Kier alpha value is -1.17. The Bertz CT molecular complexity index is 511. The molecular weight excluding hydrogens is 274 g/mol. The number of rotatable bonds is 4. The van der Waals surface area contributed by atoms with Crippen molar-refractivity contribution in [2.24, 2.45) is 0 Å². The zero-order valence-corrected chi connectivity index (χ0v) is 12.1. The Labute approximate surface area is 122 Å². The van der Waals surface area contributed by atoms with Crippen molar-refractivity contribution in [3.8, 4) is 0 Å². The number of thiophene rings is 1. The summed E-state index contributed by atoms with van der Waals surface area (Å²) in [7, 11) is 0.